The zero-order valence-electron chi connectivity index (χ0n) is 14.5. The number of fused-ring (bicyclic) bond motifs is 1. The van der Waals surface area contributed by atoms with Gasteiger partial charge >= 0.3 is 0 Å². The topological polar surface area (TPSA) is 49.4 Å². The fourth-order valence-electron chi connectivity index (χ4n) is 3.41. The third kappa shape index (κ3) is 3.61. The van der Waals surface area contributed by atoms with Gasteiger partial charge in [-0.25, -0.2) is 0 Å². The van der Waals surface area contributed by atoms with E-state index < -0.39 is 0 Å². The Kier molecular flexibility index (Phi) is 4.95. The van der Waals surface area contributed by atoms with Gasteiger partial charge in [0.15, 0.2) is 0 Å². The number of carbonyl (C=O) groups is 2. The highest BCUT2D eigenvalue weighted by molar-refractivity contribution is 9.10. The number of aryl methyl sites for hydroxylation is 1. The maximum atomic E-state index is 13.1. The van der Waals surface area contributed by atoms with Crippen LogP contribution in [0.2, 0.25) is 0 Å². The normalized spacial score (nSPS) is 19.3. The maximum absolute atomic E-state index is 13.1. The Labute approximate surface area is 156 Å². The molecule has 5 heteroatoms. The fourth-order valence-corrected chi connectivity index (χ4v) is 3.67. The monoisotopic (exact) mass is 400 g/mol. The second-order valence-electron chi connectivity index (χ2n) is 6.58. The molecule has 0 fully saturated rings. The first kappa shape index (κ1) is 17.7. The van der Waals surface area contributed by atoms with Crippen LogP contribution < -0.4 is 10.2 Å². The van der Waals surface area contributed by atoms with Crippen molar-refractivity contribution >= 4 is 33.4 Å². The van der Waals surface area contributed by atoms with Gasteiger partial charge in [0.2, 0.25) is 5.91 Å². The lowest BCUT2D eigenvalue weighted by Crippen LogP contribution is -2.46. The molecule has 2 atom stereocenters. The zero-order chi connectivity index (χ0) is 18.1. The van der Waals surface area contributed by atoms with Crippen LogP contribution in [-0.2, 0) is 4.79 Å². The predicted molar refractivity (Wildman–Crippen MR) is 103 cm³/mol. The van der Waals surface area contributed by atoms with E-state index in [2.05, 4.69) is 27.3 Å². The molecule has 3 rings (SSSR count). The van der Waals surface area contributed by atoms with Crippen LogP contribution in [-0.4, -0.2) is 17.9 Å². The number of amides is 2. The average Bonchev–Trinajstić information content (AvgIpc) is 2.55. The van der Waals surface area contributed by atoms with Crippen molar-refractivity contribution < 1.29 is 9.59 Å². The molecule has 0 bridgehead atoms. The Hall–Kier alpha value is -2.14. The first-order chi connectivity index (χ1) is 11.9. The summed E-state index contributed by atoms with van der Waals surface area (Å²) in [7, 11) is 0. The molecule has 0 saturated heterocycles. The van der Waals surface area contributed by atoms with Crippen LogP contribution in [0, 0.1) is 6.92 Å². The summed E-state index contributed by atoms with van der Waals surface area (Å²) in [4.78, 5) is 26.6. The van der Waals surface area contributed by atoms with Crippen LogP contribution in [0.4, 0.5) is 5.69 Å². The number of anilines is 1. The van der Waals surface area contributed by atoms with E-state index >= 15 is 0 Å². The van der Waals surface area contributed by atoms with Crippen LogP contribution in [0.5, 0.6) is 0 Å². The van der Waals surface area contributed by atoms with Crippen molar-refractivity contribution in [1.29, 1.82) is 0 Å². The number of halogens is 1. The first-order valence-electron chi connectivity index (χ1n) is 8.33. The molecule has 2 aromatic rings. The van der Waals surface area contributed by atoms with Crippen LogP contribution in [0.1, 0.15) is 47.8 Å². The molecule has 1 N–H and O–H groups in total. The number of hydrogen-bond donors (Lipinski definition) is 1. The number of carbonyl (C=O) groups excluding carboxylic acids is 2. The largest absolute Gasteiger partial charge is 0.349 e. The van der Waals surface area contributed by atoms with Crippen molar-refractivity contribution in [2.75, 3.05) is 4.90 Å². The molecule has 1 aliphatic rings. The lowest BCUT2D eigenvalue weighted by molar-refractivity contribution is -0.119. The molecule has 1 heterocycles. The second kappa shape index (κ2) is 7.00. The Morgan fingerprint density at radius 2 is 1.84 bits per heavy atom. The standard InChI is InChI=1S/C20H21BrN2O2/c1-12-4-9-19-17(10-12)18(22-14(3)24)11-13(2)23(19)20(25)15-5-7-16(21)8-6-15/h4-10,13,18H,11H2,1-3H3,(H,22,24)/t13-,18-/m0/s1. The summed E-state index contributed by atoms with van der Waals surface area (Å²) >= 11 is 3.40. The van der Waals surface area contributed by atoms with E-state index in [4.69, 9.17) is 0 Å². The molecular weight excluding hydrogens is 380 g/mol. The van der Waals surface area contributed by atoms with Crippen LogP contribution in [0.15, 0.2) is 46.9 Å². The highest BCUT2D eigenvalue weighted by atomic mass is 79.9. The maximum Gasteiger partial charge on any atom is 0.258 e. The van der Waals surface area contributed by atoms with Gasteiger partial charge in [-0.2, -0.15) is 0 Å². The second-order valence-corrected chi connectivity index (χ2v) is 7.50. The summed E-state index contributed by atoms with van der Waals surface area (Å²) in [6, 6.07) is 13.4. The number of nitrogens with zero attached hydrogens (tertiary/aromatic N) is 1. The number of rotatable bonds is 2. The molecule has 25 heavy (non-hydrogen) atoms. The van der Waals surface area contributed by atoms with E-state index in [1.807, 2.05) is 55.1 Å². The SMILES string of the molecule is CC(=O)N[C@H]1C[C@H](C)N(C(=O)c2ccc(Br)cc2)c2ccc(C)cc21. The third-order valence-corrected chi connectivity index (χ3v) is 5.05. The summed E-state index contributed by atoms with van der Waals surface area (Å²) in [6.07, 6.45) is 0.693. The Balaban J connectivity index is 2.03. The van der Waals surface area contributed by atoms with Gasteiger partial charge in [0.25, 0.3) is 5.91 Å². The van der Waals surface area contributed by atoms with E-state index in [1.54, 1.807) is 0 Å². The number of benzene rings is 2. The summed E-state index contributed by atoms with van der Waals surface area (Å²) in [5.74, 6) is -0.0799. The van der Waals surface area contributed by atoms with Crippen molar-refractivity contribution in [1.82, 2.24) is 5.32 Å². The molecule has 0 unspecified atom stereocenters. The molecule has 2 aromatic carbocycles. The summed E-state index contributed by atoms with van der Waals surface area (Å²) in [5.41, 5.74) is 3.63. The quantitative estimate of drug-likeness (QED) is 0.812. The highest BCUT2D eigenvalue weighted by Gasteiger charge is 2.34. The highest BCUT2D eigenvalue weighted by Crippen LogP contribution is 2.38. The van der Waals surface area contributed by atoms with Crippen molar-refractivity contribution in [2.45, 2.75) is 39.3 Å². The van der Waals surface area contributed by atoms with Gasteiger partial charge in [-0.15, -0.1) is 0 Å². The summed E-state index contributed by atoms with van der Waals surface area (Å²) in [5, 5.41) is 3.02. The molecule has 4 nitrogen and oxygen atoms in total. The van der Waals surface area contributed by atoms with Gasteiger partial charge in [0, 0.05) is 28.7 Å². The van der Waals surface area contributed by atoms with E-state index in [-0.39, 0.29) is 23.9 Å². The minimum absolute atomic E-state index is 0.0109. The predicted octanol–water partition coefficient (Wildman–Crippen LogP) is 4.37. The van der Waals surface area contributed by atoms with Crippen molar-refractivity contribution in [3.63, 3.8) is 0 Å². The van der Waals surface area contributed by atoms with Crippen LogP contribution >= 0.6 is 15.9 Å². The summed E-state index contributed by atoms with van der Waals surface area (Å²) in [6.45, 7) is 5.57. The Bertz CT molecular complexity index is 817. The molecule has 0 radical (unpaired) electrons. The van der Waals surface area contributed by atoms with Gasteiger partial charge in [0.05, 0.1) is 6.04 Å². The van der Waals surface area contributed by atoms with E-state index in [0.29, 0.717) is 12.0 Å². The zero-order valence-corrected chi connectivity index (χ0v) is 16.1. The molecule has 0 saturated carbocycles. The number of nitrogens with one attached hydrogen (secondary N) is 1. The lowest BCUT2D eigenvalue weighted by Gasteiger charge is -2.39. The molecule has 1 aliphatic heterocycles. The van der Waals surface area contributed by atoms with Gasteiger partial charge in [-0.3, -0.25) is 9.59 Å². The number of hydrogen-bond acceptors (Lipinski definition) is 2. The minimum Gasteiger partial charge on any atom is -0.349 e. The van der Waals surface area contributed by atoms with E-state index in [9.17, 15) is 9.59 Å². The first-order valence-corrected chi connectivity index (χ1v) is 9.13. The Morgan fingerprint density at radius 3 is 2.48 bits per heavy atom. The summed E-state index contributed by atoms with van der Waals surface area (Å²) < 4.78 is 0.942. The lowest BCUT2D eigenvalue weighted by atomic mass is 9.90. The van der Waals surface area contributed by atoms with Gasteiger partial charge in [0.1, 0.15) is 0 Å². The third-order valence-electron chi connectivity index (χ3n) is 4.52. The van der Waals surface area contributed by atoms with E-state index in [0.717, 1.165) is 21.3 Å². The Morgan fingerprint density at radius 1 is 1.16 bits per heavy atom. The molecule has 0 aliphatic carbocycles. The fraction of sp³-hybridized carbons (Fsp3) is 0.300. The van der Waals surface area contributed by atoms with E-state index in [1.165, 1.54) is 6.92 Å². The van der Waals surface area contributed by atoms with Crippen molar-refractivity contribution in [3.8, 4) is 0 Å². The molecule has 130 valence electrons. The molecule has 2 amide bonds. The van der Waals surface area contributed by atoms with Crippen LogP contribution in [0.25, 0.3) is 0 Å². The van der Waals surface area contributed by atoms with Gasteiger partial charge < -0.3 is 10.2 Å². The van der Waals surface area contributed by atoms with Crippen LogP contribution in [0.3, 0.4) is 0 Å². The van der Waals surface area contributed by atoms with Gasteiger partial charge in [-0.05, 0) is 56.2 Å². The van der Waals surface area contributed by atoms with Crippen molar-refractivity contribution in [2.24, 2.45) is 0 Å². The molecule has 0 spiro atoms. The molecule has 0 aromatic heterocycles. The molecular formula is C20H21BrN2O2. The van der Waals surface area contributed by atoms with Gasteiger partial charge in [-0.1, -0.05) is 33.6 Å². The van der Waals surface area contributed by atoms with Crippen molar-refractivity contribution in [3.05, 3.63) is 63.6 Å². The average molecular weight is 401 g/mol. The minimum atomic E-state index is -0.0728. The smallest absolute Gasteiger partial charge is 0.258 e.